The summed E-state index contributed by atoms with van der Waals surface area (Å²) in [6, 6.07) is 4.98. The molecule has 9 heteroatoms. The Balaban J connectivity index is 1.75. The third-order valence-corrected chi connectivity index (χ3v) is 3.52. The highest BCUT2D eigenvalue weighted by Gasteiger charge is 2.19. The van der Waals surface area contributed by atoms with E-state index in [-0.39, 0.29) is 18.3 Å². The molecule has 0 radical (unpaired) electrons. The number of methoxy groups -OCH3 is 1. The molecule has 7 nitrogen and oxygen atoms in total. The van der Waals surface area contributed by atoms with E-state index in [9.17, 15) is 13.6 Å². The van der Waals surface area contributed by atoms with Crippen LogP contribution in [-0.4, -0.2) is 28.1 Å². The molecule has 0 fully saturated rings. The molecular weight excluding hydrogens is 346 g/mol. The van der Waals surface area contributed by atoms with Crippen molar-refractivity contribution in [2.45, 2.75) is 13.5 Å². The number of amides is 1. The zero-order valence-corrected chi connectivity index (χ0v) is 13.9. The topological polar surface area (TPSA) is 90.1 Å². The fourth-order valence-electron chi connectivity index (χ4n) is 2.27. The minimum absolute atomic E-state index is 0.0701. The van der Waals surface area contributed by atoms with Gasteiger partial charge in [0.15, 0.2) is 5.82 Å². The monoisotopic (exact) mass is 360 g/mol. The fourth-order valence-corrected chi connectivity index (χ4v) is 2.27. The van der Waals surface area contributed by atoms with Crippen LogP contribution >= 0.6 is 0 Å². The Hall–Kier alpha value is -3.36. The lowest BCUT2D eigenvalue weighted by Gasteiger charge is -2.08. The van der Waals surface area contributed by atoms with Crippen LogP contribution in [0.1, 0.15) is 21.9 Å². The molecule has 3 rings (SSSR count). The second-order valence-electron chi connectivity index (χ2n) is 5.32. The van der Waals surface area contributed by atoms with Gasteiger partial charge in [0.2, 0.25) is 0 Å². The Morgan fingerprint density at radius 1 is 1.31 bits per heavy atom. The number of carbonyl (C=O) groups is 1. The van der Waals surface area contributed by atoms with Crippen molar-refractivity contribution in [1.29, 1.82) is 0 Å². The largest absolute Gasteiger partial charge is 0.494 e. The van der Waals surface area contributed by atoms with Crippen LogP contribution in [0.5, 0.6) is 5.75 Å². The maximum absolute atomic E-state index is 13.7. The van der Waals surface area contributed by atoms with Crippen LogP contribution in [0.3, 0.4) is 0 Å². The number of pyridine rings is 1. The Kier molecular flexibility index (Phi) is 4.87. The molecule has 0 aliphatic heterocycles. The van der Waals surface area contributed by atoms with Crippen LogP contribution in [0.4, 0.5) is 8.78 Å². The first kappa shape index (κ1) is 17.5. The van der Waals surface area contributed by atoms with Gasteiger partial charge in [0, 0.05) is 5.69 Å². The quantitative estimate of drug-likeness (QED) is 0.752. The number of ether oxygens (including phenoxy) is 1. The summed E-state index contributed by atoms with van der Waals surface area (Å²) in [7, 11) is 1.43. The predicted molar refractivity (Wildman–Crippen MR) is 86.3 cm³/mol. The van der Waals surface area contributed by atoms with Crippen molar-refractivity contribution >= 4 is 5.91 Å². The van der Waals surface area contributed by atoms with Gasteiger partial charge < -0.3 is 14.6 Å². The minimum Gasteiger partial charge on any atom is -0.494 e. The number of aryl methyl sites for hydroxylation is 1. The van der Waals surface area contributed by atoms with Crippen LogP contribution in [0.25, 0.3) is 11.5 Å². The molecule has 1 N–H and O–H groups in total. The predicted octanol–water partition coefficient (Wildman–Crippen LogP) is 2.66. The van der Waals surface area contributed by atoms with E-state index < -0.39 is 23.1 Å². The highest BCUT2D eigenvalue weighted by Crippen LogP contribution is 2.24. The zero-order valence-electron chi connectivity index (χ0n) is 13.9. The second-order valence-corrected chi connectivity index (χ2v) is 5.32. The maximum Gasteiger partial charge on any atom is 0.263 e. The number of hydrogen-bond acceptors (Lipinski definition) is 6. The lowest BCUT2D eigenvalue weighted by Crippen LogP contribution is -2.24. The third-order valence-electron chi connectivity index (χ3n) is 3.52. The Morgan fingerprint density at radius 3 is 2.73 bits per heavy atom. The van der Waals surface area contributed by atoms with Crippen LogP contribution in [-0.2, 0) is 6.54 Å². The van der Waals surface area contributed by atoms with E-state index in [4.69, 9.17) is 9.26 Å². The summed E-state index contributed by atoms with van der Waals surface area (Å²) in [5, 5.41) is 6.21. The summed E-state index contributed by atoms with van der Waals surface area (Å²) in [5.74, 6) is -1.99. The number of hydrogen-bond donors (Lipinski definition) is 1. The molecule has 134 valence electrons. The van der Waals surface area contributed by atoms with Crippen LogP contribution in [0.15, 0.2) is 35.0 Å². The molecule has 2 heterocycles. The number of halogens is 2. The second kappa shape index (κ2) is 7.26. The Labute approximate surface area is 147 Å². The van der Waals surface area contributed by atoms with Crippen molar-refractivity contribution < 1.29 is 22.8 Å². The number of carbonyl (C=O) groups excluding carboxylic acids is 1. The summed E-state index contributed by atoms with van der Waals surface area (Å²) >= 11 is 0. The van der Waals surface area contributed by atoms with Crippen LogP contribution in [0, 0.1) is 18.6 Å². The van der Waals surface area contributed by atoms with E-state index in [1.54, 1.807) is 13.0 Å². The van der Waals surface area contributed by atoms with Gasteiger partial charge in [-0.1, -0.05) is 11.2 Å². The van der Waals surface area contributed by atoms with Crippen molar-refractivity contribution in [3.63, 3.8) is 0 Å². The molecule has 26 heavy (non-hydrogen) atoms. The Bertz CT molecular complexity index is 939. The third kappa shape index (κ3) is 3.51. The van der Waals surface area contributed by atoms with Crippen molar-refractivity contribution in [3.8, 4) is 17.2 Å². The molecule has 0 spiro atoms. The normalized spacial score (nSPS) is 10.6. The zero-order chi connectivity index (χ0) is 18.7. The van der Waals surface area contributed by atoms with Gasteiger partial charge >= 0.3 is 0 Å². The summed E-state index contributed by atoms with van der Waals surface area (Å²) in [6.07, 6.45) is 1.44. The average molecular weight is 360 g/mol. The van der Waals surface area contributed by atoms with Gasteiger partial charge in [-0.25, -0.2) is 8.78 Å². The highest BCUT2D eigenvalue weighted by molar-refractivity contribution is 5.96. The lowest BCUT2D eigenvalue weighted by molar-refractivity contribution is 0.0946. The van der Waals surface area contributed by atoms with E-state index in [1.807, 2.05) is 0 Å². The van der Waals surface area contributed by atoms with E-state index in [0.29, 0.717) is 17.0 Å². The first-order valence-corrected chi connectivity index (χ1v) is 7.55. The van der Waals surface area contributed by atoms with Crippen LogP contribution < -0.4 is 10.1 Å². The Morgan fingerprint density at radius 2 is 2.04 bits per heavy atom. The molecule has 3 aromatic rings. The molecule has 0 saturated carbocycles. The van der Waals surface area contributed by atoms with Crippen molar-refractivity contribution in [2.24, 2.45) is 0 Å². The van der Waals surface area contributed by atoms with Gasteiger partial charge in [-0.05, 0) is 25.1 Å². The summed E-state index contributed by atoms with van der Waals surface area (Å²) in [4.78, 5) is 20.3. The molecule has 0 bridgehead atoms. The molecule has 1 aromatic carbocycles. The molecule has 2 aromatic heterocycles. The number of rotatable bonds is 5. The van der Waals surface area contributed by atoms with E-state index in [1.165, 1.54) is 19.4 Å². The average Bonchev–Trinajstić information content (AvgIpc) is 3.08. The van der Waals surface area contributed by atoms with Crippen molar-refractivity contribution in [3.05, 3.63) is 59.2 Å². The fraction of sp³-hybridized carbons (Fsp3) is 0.176. The van der Waals surface area contributed by atoms with E-state index in [2.05, 4.69) is 20.4 Å². The van der Waals surface area contributed by atoms with Gasteiger partial charge in [0.25, 0.3) is 11.8 Å². The molecule has 1 amide bonds. The maximum atomic E-state index is 13.7. The lowest BCUT2D eigenvalue weighted by atomic mass is 10.2. The summed E-state index contributed by atoms with van der Waals surface area (Å²) in [5.41, 5.74) is 0.528. The molecule has 0 aliphatic carbocycles. The first-order valence-electron chi connectivity index (χ1n) is 7.55. The molecule has 0 aliphatic rings. The van der Waals surface area contributed by atoms with Crippen molar-refractivity contribution in [2.75, 3.05) is 7.11 Å². The number of aromatic nitrogens is 3. The molecule has 0 atom stereocenters. The summed E-state index contributed by atoms with van der Waals surface area (Å²) < 4.78 is 37.5. The number of benzene rings is 1. The van der Waals surface area contributed by atoms with Gasteiger partial charge in [0.1, 0.15) is 22.9 Å². The highest BCUT2D eigenvalue weighted by atomic mass is 19.1. The smallest absolute Gasteiger partial charge is 0.263 e. The standard InChI is InChI=1S/C17H14F2N4O3/c1-9-6-10(13(25-2)7-20-9)16(24)21-8-14-22-17(26-23-14)15-11(18)4-3-5-12(15)19/h3-7H,8H2,1-2H3,(H,21,24). The molecule has 0 saturated heterocycles. The first-order chi connectivity index (χ1) is 12.5. The number of nitrogens with zero attached hydrogens (tertiary/aromatic N) is 3. The van der Waals surface area contributed by atoms with Gasteiger partial charge in [-0.2, -0.15) is 4.98 Å². The SMILES string of the molecule is COc1cnc(C)cc1C(=O)NCc1noc(-c2c(F)cccc2F)n1. The van der Waals surface area contributed by atoms with Gasteiger partial charge in [0.05, 0.1) is 25.4 Å². The van der Waals surface area contributed by atoms with Gasteiger partial charge in [-0.15, -0.1) is 0 Å². The van der Waals surface area contributed by atoms with Crippen LogP contribution in [0.2, 0.25) is 0 Å². The molecular formula is C17H14F2N4O3. The number of nitrogens with one attached hydrogen (secondary N) is 1. The summed E-state index contributed by atoms with van der Waals surface area (Å²) in [6.45, 7) is 1.65. The van der Waals surface area contributed by atoms with Gasteiger partial charge in [-0.3, -0.25) is 9.78 Å². The molecule has 0 unspecified atom stereocenters. The van der Waals surface area contributed by atoms with E-state index in [0.717, 1.165) is 12.1 Å². The van der Waals surface area contributed by atoms with E-state index >= 15 is 0 Å². The minimum atomic E-state index is -0.818. The van der Waals surface area contributed by atoms with Crippen molar-refractivity contribution in [1.82, 2.24) is 20.4 Å².